The summed E-state index contributed by atoms with van der Waals surface area (Å²) in [4.78, 5) is 6.74. The van der Waals surface area contributed by atoms with Crippen LogP contribution >= 0.6 is 22.9 Å². The first-order valence-corrected chi connectivity index (χ1v) is 7.83. The SMILES string of the molecule is Clc1sccc1CNc1ccc(N2CCOCC2)cn1. The van der Waals surface area contributed by atoms with Crippen LogP contribution in [0, 0.1) is 0 Å². The number of morpholine rings is 1. The zero-order valence-corrected chi connectivity index (χ0v) is 12.6. The van der Waals surface area contributed by atoms with E-state index in [1.54, 1.807) is 11.3 Å². The summed E-state index contributed by atoms with van der Waals surface area (Å²) in [6, 6.07) is 6.13. The summed E-state index contributed by atoms with van der Waals surface area (Å²) in [5.74, 6) is 0.865. The first-order chi connectivity index (χ1) is 9.83. The Bertz CT molecular complexity index is 552. The Balaban J connectivity index is 1.59. The molecule has 1 saturated heterocycles. The molecule has 1 aliphatic heterocycles. The van der Waals surface area contributed by atoms with Crippen molar-refractivity contribution in [3.63, 3.8) is 0 Å². The number of anilines is 2. The largest absolute Gasteiger partial charge is 0.378 e. The number of halogens is 1. The third kappa shape index (κ3) is 3.23. The minimum absolute atomic E-state index is 0.701. The van der Waals surface area contributed by atoms with E-state index in [0.717, 1.165) is 47.7 Å². The van der Waals surface area contributed by atoms with E-state index in [0.29, 0.717) is 6.54 Å². The number of thiophene rings is 1. The number of hydrogen-bond donors (Lipinski definition) is 1. The maximum atomic E-state index is 6.07. The van der Waals surface area contributed by atoms with Crippen molar-refractivity contribution in [3.05, 3.63) is 39.7 Å². The van der Waals surface area contributed by atoms with Gasteiger partial charge in [-0.2, -0.15) is 0 Å². The molecular formula is C14H16ClN3OS. The number of nitrogens with zero attached hydrogens (tertiary/aromatic N) is 2. The van der Waals surface area contributed by atoms with Crippen molar-refractivity contribution in [1.29, 1.82) is 0 Å². The van der Waals surface area contributed by atoms with Gasteiger partial charge < -0.3 is 15.0 Å². The van der Waals surface area contributed by atoms with Gasteiger partial charge in [-0.05, 0) is 23.6 Å². The van der Waals surface area contributed by atoms with Gasteiger partial charge in [-0.25, -0.2) is 4.98 Å². The lowest BCUT2D eigenvalue weighted by Crippen LogP contribution is -2.36. The lowest BCUT2D eigenvalue weighted by molar-refractivity contribution is 0.122. The van der Waals surface area contributed by atoms with Crippen LogP contribution in [-0.2, 0) is 11.3 Å². The molecule has 0 bridgehead atoms. The van der Waals surface area contributed by atoms with Gasteiger partial charge in [0.2, 0.25) is 0 Å². The predicted octanol–water partition coefficient (Wildman–Crippen LogP) is 3.25. The van der Waals surface area contributed by atoms with Crippen LogP contribution in [0.2, 0.25) is 4.34 Å². The molecule has 106 valence electrons. The van der Waals surface area contributed by atoms with Crippen LogP contribution in [0.4, 0.5) is 11.5 Å². The molecule has 0 aliphatic carbocycles. The summed E-state index contributed by atoms with van der Waals surface area (Å²) in [5.41, 5.74) is 2.25. The second kappa shape index (κ2) is 6.43. The molecule has 3 heterocycles. The van der Waals surface area contributed by atoms with E-state index in [4.69, 9.17) is 16.3 Å². The normalized spacial score (nSPS) is 15.3. The Hall–Kier alpha value is -1.30. The highest BCUT2D eigenvalue weighted by molar-refractivity contribution is 7.14. The van der Waals surface area contributed by atoms with Gasteiger partial charge in [-0.1, -0.05) is 11.6 Å². The Morgan fingerprint density at radius 1 is 1.30 bits per heavy atom. The number of ether oxygens (including phenoxy) is 1. The van der Waals surface area contributed by atoms with Crippen molar-refractivity contribution < 1.29 is 4.74 Å². The number of rotatable bonds is 4. The third-order valence-corrected chi connectivity index (χ3v) is 4.53. The van der Waals surface area contributed by atoms with Crippen molar-refractivity contribution in [2.45, 2.75) is 6.54 Å². The standard InChI is InChI=1S/C14H16ClN3OS/c15-14-11(3-8-20-14)9-16-13-2-1-12(10-17-13)18-4-6-19-7-5-18/h1-3,8,10H,4-7,9H2,(H,16,17). The van der Waals surface area contributed by atoms with Crippen molar-refractivity contribution in [2.24, 2.45) is 0 Å². The van der Waals surface area contributed by atoms with Gasteiger partial charge in [-0.3, -0.25) is 0 Å². The summed E-state index contributed by atoms with van der Waals surface area (Å²) >= 11 is 7.62. The molecule has 20 heavy (non-hydrogen) atoms. The predicted molar refractivity (Wildman–Crippen MR) is 83.9 cm³/mol. The number of hydrogen-bond acceptors (Lipinski definition) is 5. The van der Waals surface area contributed by atoms with E-state index in [-0.39, 0.29) is 0 Å². The van der Waals surface area contributed by atoms with Crippen molar-refractivity contribution >= 4 is 34.4 Å². The first-order valence-electron chi connectivity index (χ1n) is 6.57. The van der Waals surface area contributed by atoms with Crippen molar-refractivity contribution in [1.82, 2.24) is 4.98 Å². The van der Waals surface area contributed by atoms with Crippen molar-refractivity contribution in [2.75, 3.05) is 36.5 Å². The number of nitrogens with one attached hydrogen (secondary N) is 1. The second-order valence-electron chi connectivity index (χ2n) is 4.57. The summed E-state index contributed by atoms with van der Waals surface area (Å²) in [6.07, 6.45) is 1.91. The van der Waals surface area contributed by atoms with Crippen molar-refractivity contribution in [3.8, 4) is 0 Å². The van der Waals surface area contributed by atoms with Crippen LogP contribution in [0.5, 0.6) is 0 Å². The Labute approximate surface area is 127 Å². The molecule has 0 saturated carbocycles. The third-order valence-electron chi connectivity index (χ3n) is 3.28. The number of aromatic nitrogens is 1. The van der Waals surface area contributed by atoms with E-state index in [1.165, 1.54) is 0 Å². The first kappa shape index (κ1) is 13.7. The van der Waals surface area contributed by atoms with Crippen LogP contribution in [0.25, 0.3) is 0 Å². The van der Waals surface area contributed by atoms with E-state index in [1.807, 2.05) is 23.7 Å². The summed E-state index contributed by atoms with van der Waals surface area (Å²) in [6.45, 7) is 4.14. The van der Waals surface area contributed by atoms with Crippen LogP contribution < -0.4 is 10.2 Å². The Morgan fingerprint density at radius 3 is 2.80 bits per heavy atom. The maximum absolute atomic E-state index is 6.07. The topological polar surface area (TPSA) is 37.4 Å². The van der Waals surface area contributed by atoms with Crippen LogP contribution in [-0.4, -0.2) is 31.3 Å². The summed E-state index contributed by atoms with van der Waals surface area (Å²) in [5, 5.41) is 5.28. The van der Waals surface area contributed by atoms with Gasteiger partial charge in [-0.15, -0.1) is 11.3 Å². The summed E-state index contributed by atoms with van der Waals surface area (Å²) in [7, 11) is 0. The molecule has 4 nitrogen and oxygen atoms in total. The van der Waals surface area contributed by atoms with Gasteiger partial charge >= 0.3 is 0 Å². The molecule has 2 aromatic rings. The molecule has 0 amide bonds. The fourth-order valence-electron chi connectivity index (χ4n) is 2.13. The Kier molecular flexibility index (Phi) is 4.40. The van der Waals surface area contributed by atoms with E-state index >= 15 is 0 Å². The molecule has 6 heteroatoms. The minimum atomic E-state index is 0.701. The van der Waals surface area contributed by atoms with Gasteiger partial charge in [0.05, 0.1) is 29.4 Å². The molecule has 2 aromatic heterocycles. The number of pyridine rings is 1. The highest BCUT2D eigenvalue weighted by atomic mass is 35.5. The average Bonchev–Trinajstić information content (AvgIpc) is 2.92. The molecule has 0 aromatic carbocycles. The van der Waals surface area contributed by atoms with Crippen LogP contribution in [0.3, 0.4) is 0 Å². The molecule has 0 atom stereocenters. The highest BCUT2D eigenvalue weighted by Crippen LogP contribution is 2.23. The zero-order chi connectivity index (χ0) is 13.8. The maximum Gasteiger partial charge on any atom is 0.126 e. The fourth-order valence-corrected chi connectivity index (χ4v) is 3.06. The summed E-state index contributed by atoms with van der Waals surface area (Å²) < 4.78 is 6.19. The molecule has 1 aliphatic rings. The molecule has 1 fully saturated rings. The quantitative estimate of drug-likeness (QED) is 0.941. The van der Waals surface area contributed by atoms with Crippen LogP contribution in [0.1, 0.15) is 5.56 Å². The smallest absolute Gasteiger partial charge is 0.126 e. The van der Waals surface area contributed by atoms with Gasteiger partial charge in [0.25, 0.3) is 0 Å². The fraction of sp³-hybridized carbons (Fsp3) is 0.357. The van der Waals surface area contributed by atoms with Gasteiger partial charge in [0.1, 0.15) is 5.82 Å². The van der Waals surface area contributed by atoms with Crippen LogP contribution in [0.15, 0.2) is 29.8 Å². The van der Waals surface area contributed by atoms with Gasteiger partial charge in [0, 0.05) is 25.2 Å². The Morgan fingerprint density at radius 2 is 2.15 bits per heavy atom. The van der Waals surface area contributed by atoms with E-state index < -0.39 is 0 Å². The monoisotopic (exact) mass is 309 g/mol. The molecule has 0 radical (unpaired) electrons. The lowest BCUT2D eigenvalue weighted by atomic mass is 10.3. The molecule has 3 rings (SSSR count). The van der Waals surface area contributed by atoms with Gasteiger partial charge in [0.15, 0.2) is 0 Å². The lowest BCUT2D eigenvalue weighted by Gasteiger charge is -2.28. The molecule has 0 spiro atoms. The molecule has 1 N–H and O–H groups in total. The minimum Gasteiger partial charge on any atom is -0.378 e. The zero-order valence-electron chi connectivity index (χ0n) is 11.0. The molecular weight excluding hydrogens is 294 g/mol. The van der Waals surface area contributed by atoms with E-state index in [9.17, 15) is 0 Å². The van der Waals surface area contributed by atoms with E-state index in [2.05, 4.69) is 21.3 Å². The molecule has 0 unspecified atom stereocenters. The average molecular weight is 310 g/mol. The highest BCUT2D eigenvalue weighted by Gasteiger charge is 2.11. The second-order valence-corrected chi connectivity index (χ2v) is 6.09.